The standard InChI is InChI=1S/C9H7BrFN3/c10-8-5-7(1-2-9(8)11)6-14-4-3-12-13-14/h1-5H,6H2. The number of aromatic nitrogens is 3. The Morgan fingerprint density at radius 3 is 2.93 bits per heavy atom. The molecule has 0 unspecified atom stereocenters. The molecule has 1 heterocycles. The first-order valence-corrected chi connectivity index (χ1v) is 4.83. The highest BCUT2D eigenvalue weighted by Crippen LogP contribution is 2.17. The number of hydrogen-bond acceptors (Lipinski definition) is 2. The van der Waals surface area contributed by atoms with Crippen LogP contribution < -0.4 is 0 Å². The number of halogens is 2. The molecule has 1 aromatic heterocycles. The quantitative estimate of drug-likeness (QED) is 0.824. The Labute approximate surface area is 88.7 Å². The Morgan fingerprint density at radius 1 is 1.43 bits per heavy atom. The molecule has 0 radical (unpaired) electrons. The molecule has 2 aromatic rings. The minimum Gasteiger partial charge on any atom is -0.248 e. The summed E-state index contributed by atoms with van der Waals surface area (Å²) in [5.41, 5.74) is 0.976. The Hall–Kier alpha value is -1.23. The molecule has 3 nitrogen and oxygen atoms in total. The lowest BCUT2D eigenvalue weighted by Crippen LogP contribution is -2.00. The van der Waals surface area contributed by atoms with E-state index in [0.717, 1.165) is 5.56 Å². The third-order valence-electron chi connectivity index (χ3n) is 1.80. The molecule has 1 aromatic carbocycles. The molecule has 0 amide bonds. The second-order valence-corrected chi connectivity index (χ2v) is 3.70. The summed E-state index contributed by atoms with van der Waals surface area (Å²) in [5, 5.41) is 7.51. The predicted octanol–water partition coefficient (Wildman–Crippen LogP) is 2.23. The molecule has 0 aliphatic rings. The third-order valence-corrected chi connectivity index (χ3v) is 2.41. The van der Waals surface area contributed by atoms with Gasteiger partial charge in [0.2, 0.25) is 0 Å². The lowest BCUT2D eigenvalue weighted by Gasteiger charge is -2.01. The van der Waals surface area contributed by atoms with Gasteiger partial charge in [0.1, 0.15) is 5.82 Å². The zero-order chi connectivity index (χ0) is 9.97. The van der Waals surface area contributed by atoms with Crippen LogP contribution in [-0.2, 0) is 6.54 Å². The van der Waals surface area contributed by atoms with Gasteiger partial charge in [0, 0.05) is 6.20 Å². The second-order valence-electron chi connectivity index (χ2n) is 2.85. The molecule has 0 atom stereocenters. The summed E-state index contributed by atoms with van der Waals surface area (Å²) in [6.45, 7) is 0.596. The van der Waals surface area contributed by atoms with E-state index in [1.165, 1.54) is 6.07 Å². The number of hydrogen-bond donors (Lipinski definition) is 0. The maximum Gasteiger partial charge on any atom is 0.137 e. The van der Waals surface area contributed by atoms with Crippen LogP contribution in [0.1, 0.15) is 5.56 Å². The Balaban J connectivity index is 2.22. The summed E-state index contributed by atoms with van der Waals surface area (Å²) in [4.78, 5) is 0. The van der Waals surface area contributed by atoms with E-state index in [2.05, 4.69) is 26.2 Å². The van der Waals surface area contributed by atoms with Crippen LogP contribution in [0.4, 0.5) is 4.39 Å². The van der Waals surface area contributed by atoms with Crippen molar-refractivity contribution in [2.45, 2.75) is 6.54 Å². The monoisotopic (exact) mass is 255 g/mol. The molecule has 72 valence electrons. The van der Waals surface area contributed by atoms with Crippen molar-refractivity contribution in [1.82, 2.24) is 15.0 Å². The van der Waals surface area contributed by atoms with Crippen molar-refractivity contribution in [3.8, 4) is 0 Å². The number of rotatable bonds is 2. The Kier molecular flexibility index (Phi) is 2.58. The summed E-state index contributed by atoms with van der Waals surface area (Å²) in [5.74, 6) is -0.257. The van der Waals surface area contributed by atoms with E-state index in [1.807, 2.05) is 0 Å². The van der Waals surface area contributed by atoms with E-state index in [4.69, 9.17) is 0 Å². The summed E-state index contributed by atoms with van der Waals surface area (Å²) >= 11 is 3.13. The smallest absolute Gasteiger partial charge is 0.137 e. The van der Waals surface area contributed by atoms with Crippen LogP contribution in [-0.4, -0.2) is 15.0 Å². The lowest BCUT2D eigenvalue weighted by atomic mass is 10.2. The van der Waals surface area contributed by atoms with Gasteiger partial charge in [0.25, 0.3) is 0 Å². The van der Waals surface area contributed by atoms with E-state index in [1.54, 1.807) is 29.2 Å². The maximum atomic E-state index is 12.9. The van der Waals surface area contributed by atoms with Gasteiger partial charge in [-0.2, -0.15) is 0 Å². The van der Waals surface area contributed by atoms with Crippen LogP contribution >= 0.6 is 15.9 Å². The largest absolute Gasteiger partial charge is 0.248 e. The molecule has 14 heavy (non-hydrogen) atoms. The molecule has 0 saturated heterocycles. The average Bonchev–Trinajstić information content (AvgIpc) is 2.64. The molecule has 0 saturated carbocycles. The normalized spacial score (nSPS) is 10.4. The van der Waals surface area contributed by atoms with Gasteiger partial charge in [0.15, 0.2) is 0 Å². The van der Waals surface area contributed by atoms with Crippen molar-refractivity contribution in [3.05, 3.63) is 46.4 Å². The molecule has 0 aliphatic heterocycles. The summed E-state index contributed by atoms with van der Waals surface area (Å²) in [7, 11) is 0. The fourth-order valence-corrected chi connectivity index (χ4v) is 1.57. The van der Waals surface area contributed by atoms with Crippen molar-refractivity contribution in [2.75, 3.05) is 0 Å². The SMILES string of the molecule is Fc1ccc(Cn2ccnn2)cc1Br. The van der Waals surface area contributed by atoms with Crippen molar-refractivity contribution in [3.63, 3.8) is 0 Å². The highest BCUT2D eigenvalue weighted by atomic mass is 79.9. The first-order valence-electron chi connectivity index (χ1n) is 4.04. The minimum atomic E-state index is -0.257. The molecular formula is C9H7BrFN3. The molecule has 0 spiro atoms. The van der Waals surface area contributed by atoms with Gasteiger partial charge >= 0.3 is 0 Å². The molecular weight excluding hydrogens is 249 g/mol. The van der Waals surface area contributed by atoms with Crippen LogP contribution in [0, 0.1) is 5.82 Å². The molecule has 0 fully saturated rings. The Bertz CT molecular complexity index is 428. The summed E-state index contributed by atoms with van der Waals surface area (Å²) in [6.07, 6.45) is 3.37. The minimum absolute atomic E-state index is 0.257. The lowest BCUT2D eigenvalue weighted by molar-refractivity contribution is 0.615. The second kappa shape index (κ2) is 3.88. The zero-order valence-corrected chi connectivity index (χ0v) is 8.78. The Morgan fingerprint density at radius 2 is 2.29 bits per heavy atom. The highest BCUT2D eigenvalue weighted by molar-refractivity contribution is 9.10. The number of benzene rings is 1. The summed E-state index contributed by atoms with van der Waals surface area (Å²) < 4.78 is 15.0. The molecule has 0 aliphatic carbocycles. The van der Waals surface area contributed by atoms with Gasteiger partial charge in [-0.25, -0.2) is 9.07 Å². The van der Waals surface area contributed by atoms with E-state index in [0.29, 0.717) is 11.0 Å². The van der Waals surface area contributed by atoms with Crippen molar-refractivity contribution in [1.29, 1.82) is 0 Å². The molecule has 0 bridgehead atoms. The van der Waals surface area contributed by atoms with Crippen LogP contribution in [0.25, 0.3) is 0 Å². The van der Waals surface area contributed by atoms with Crippen LogP contribution in [0.2, 0.25) is 0 Å². The van der Waals surface area contributed by atoms with Gasteiger partial charge < -0.3 is 0 Å². The van der Waals surface area contributed by atoms with E-state index < -0.39 is 0 Å². The topological polar surface area (TPSA) is 30.7 Å². The third kappa shape index (κ3) is 1.98. The fraction of sp³-hybridized carbons (Fsp3) is 0.111. The highest BCUT2D eigenvalue weighted by Gasteiger charge is 2.01. The van der Waals surface area contributed by atoms with E-state index in [-0.39, 0.29) is 5.82 Å². The summed E-state index contributed by atoms with van der Waals surface area (Å²) in [6, 6.07) is 4.88. The van der Waals surface area contributed by atoms with E-state index >= 15 is 0 Å². The average molecular weight is 256 g/mol. The first-order chi connectivity index (χ1) is 6.75. The van der Waals surface area contributed by atoms with E-state index in [9.17, 15) is 4.39 Å². The van der Waals surface area contributed by atoms with Crippen LogP contribution in [0.5, 0.6) is 0 Å². The predicted molar refractivity (Wildman–Crippen MR) is 53.2 cm³/mol. The van der Waals surface area contributed by atoms with Crippen LogP contribution in [0.3, 0.4) is 0 Å². The molecule has 2 rings (SSSR count). The van der Waals surface area contributed by atoms with Gasteiger partial charge in [0.05, 0.1) is 17.2 Å². The number of nitrogens with zero attached hydrogens (tertiary/aromatic N) is 3. The molecule has 0 N–H and O–H groups in total. The van der Waals surface area contributed by atoms with Crippen molar-refractivity contribution < 1.29 is 4.39 Å². The van der Waals surface area contributed by atoms with Crippen LogP contribution in [0.15, 0.2) is 35.1 Å². The van der Waals surface area contributed by atoms with Crippen molar-refractivity contribution >= 4 is 15.9 Å². The van der Waals surface area contributed by atoms with Crippen molar-refractivity contribution in [2.24, 2.45) is 0 Å². The molecule has 5 heteroatoms. The fourth-order valence-electron chi connectivity index (χ4n) is 1.14. The van der Waals surface area contributed by atoms with Gasteiger partial charge in [-0.05, 0) is 33.6 Å². The van der Waals surface area contributed by atoms with Gasteiger partial charge in [-0.1, -0.05) is 11.3 Å². The zero-order valence-electron chi connectivity index (χ0n) is 7.19. The van der Waals surface area contributed by atoms with Gasteiger partial charge in [-0.3, -0.25) is 0 Å². The first kappa shape index (κ1) is 9.33. The van der Waals surface area contributed by atoms with Gasteiger partial charge in [-0.15, -0.1) is 5.10 Å². The maximum absolute atomic E-state index is 12.9.